The lowest BCUT2D eigenvalue weighted by Gasteiger charge is -2.19. The van der Waals surface area contributed by atoms with Gasteiger partial charge in [0.2, 0.25) is 0 Å². The average molecular weight is 281 g/mol. The molecule has 3 aromatic rings. The molecule has 0 amide bonds. The summed E-state index contributed by atoms with van der Waals surface area (Å²) in [7, 11) is 0. The number of anilines is 2. The summed E-state index contributed by atoms with van der Waals surface area (Å²) in [4.78, 5) is 6.67. The van der Waals surface area contributed by atoms with Crippen LogP contribution in [0.15, 0.2) is 46.9 Å². The first kappa shape index (κ1) is 13.5. The molecule has 0 aliphatic carbocycles. The van der Waals surface area contributed by atoms with E-state index in [1.54, 1.807) is 0 Å². The van der Waals surface area contributed by atoms with Crippen LogP contribution in [-0.2, 0) is 6.54 Å². The summed E-state index contributed by atoms with van der Waals surface area (Å²) in [6.07, 6.45) is 0. The van der Waals surface area contributed by atoms with Crippen LogP contribution in [0.5, 0.6) is 0 Å². The zero-order valence-corrected chi connectivity index (χ0v) is 12.3. The van der Waals surface area contributed by atoms with Gasteiger partial charge in [0.25, 0.3) is 6.01 Å². The van der Waals surface area contributed by atoms with Gasteiger partial charge in [0, 0.05) is 18.8 Å². The van der Waals surface area contributed by atoms with Crippen molar-refractivity contribution < 1.29 is 4.42 Å². The summed E-state index contributed by atoms with van der Waals surface area (Å²) in [5.74, 6) is 0. The van der Waals surface area contributed by atoms with Gasteiger partial charge in [-0.1, -0.05) is 24.3 Å². The van der Waals surface area contributed by atoms with Gasteiger partial charge in [-0.05, 0) is 43.2 Å². The molecule has 21 heavy (non-hydrogen) atoms. The number of aryl methyl sites for hydroxylation is 1. The monoisotopic (exact) mass is 281 g/mol. The lowest BCUT2D eigenvalue weighted by atomic mass is 10.1. The van der Waals surface area contributed by atoms with Crippen molar-refractivity contribution in [3.05, 3.63) is 53.6 Å². The van der Waals surface area contributed by atoms with Gasteiger partial charge in [0.05, 0.1) is 0 Å². The van der Waals surface area contributed by atoms with Crippen molar-refractivity contribution in [1.82, 2.24) is 4.98 Å². The number of nitrogen functional groups attached to an aromatic ring is 1. The van der Waals surface area contributed by atoms with E-state index in [1.807, 2.05) is 18.2 Å². The Labute approximate surface area is 124 Å². The first-order valence-electron chi connectivity index (χ1n) is 7.13. The molecule has 0 spiro atoms. The standard InChI is InChI=1S/C17H19N3O/c1-3-20(11-13-7-5-4-6-12(13)2)17-19-15-10-14(18)8-9-16(15)21-17/h4-10H,3,11,18H2,1-2H3. The fraction of sp³-hybridized carbons (Fsp3) is 0.235. The normalized spacial score (nSPS) is 11.0. The minimum absolute atomic E-state index is 0.640. The van der Waals surface area contributed by atoms with Gasteiger partial charge >= 0.3 is 0 Å². The fourth-order valence-corrected chi connectivity index (χ4v) is 2.38. The minimum atomic E-state index is 0.640. The van der Waals surface area contributed by atoms with E-state index in [0.717, 1.165) is 24.2 Å². The molecule has 0 bridgehead atoms. The van der Waals surface area contributed by atoms with E-state index in [9.17, 15) is 0 Å². The number of nitrogens with two attached hydrogens (primary N) is 1. The second-order valence-corrected chi connectivity index (χ2v) is 5.16. The molecular weight excluding hydrogens is 262 g/mol. The predicted molar refractivity (Wildman–Crippen MR) is 86.3 cm³/mol. The predicted octanol–water partition coefficient (Wildman–Crippen LogP) is 3.74. The van der Waals surface area contributed by atoms with Gasteiger partial charge in [0.15, 0.2) is 5.58 Å². The average Bonchev–Trinajstić information content (AvgIpc) is 2.89. The van der Waals surface area contributed by atoms with Crippen LogP contribution in [0, 0.1) is 6.92 Å². The van der Waals surface area contributed by atoms with Crippen molar-refractivity contribution in [2.45, 2.75) is 20.4 Å². The van der Waals surface area contributed by atoms with E-state index in [2.05, 4.69) is 48.0 Å². The Morgan fingerprint density at radius 1 is 1.19 bits per heavy atom. The van der Waals surface area contributed by atoms with Gasteiger partial charge in [-0.3, -0.25) is 0 Å². The zero-order chi connectivity index (χ0) is 14.8. The molecule has 1 aromatic heterocycles. The van der Waals surface area contributed by atoms with E-state index in [0.29, 0.717) is 11.7 Å². The third-order valence-corrected chi connectivity index (χ3v) is 3.68. The first-order chi connectivity index (χ1) is 10.2. The molecule has 4 heteroatoms. The third-order valence-electron chi connectivity index (χ3n) is 3.68. The zero-order valence-electron chi connectivity index (χ0n) is 12.3. The van der Waals surface area contributed by atoms with Crippen molar-refractivity contribution in [1.29, 1.82) is 0 Å². The molecule has 108 valence electrons. The molecule has 0 aliphatic heterocycles. The van der Waals surface area contributed by atoms with E-state index >= 15 is 0 Å². The summed E-state index contributed by atoms with van der Waals surface area (Å²) >= 11 is 0. The fourth-order valence-electron chi connectivity index (χ4n) is 2.38. The number of rotatable bonds is 4. The second kappa shape index (κ2) is 5.48. The van der Waals surface area contributed by atoms with Crippen LogP contribution in [-0.4, -0.2) is 11.5 Å². The molecule has 2 N–H and O–H groups in total. The Bertz CT molecular complexity index is 764. The van der Waals surface area contributed by atoms with Crippen molar-refractivity contribution in [3.8, 4) is 0 Å². The number of nitrogens with zero attached hydrogens (tertiary/aromatic N) is 2. The van der Waals surface area contributed by atoms with Crippen LogP contribution in [0.4, 0.5) is 11.7 Å². The number of hydrogen-bond donors (Lipinski definition) is 1. The van der Waals surface area contributed by atoms with Crippen molar-refractivity contribution in [3.63, 3.8) is 0 Å². The number of hydrogen-bond acceptors (Lipinski definition) is 4. The van der Waals surface area contributed by atoms with Gasteiger partial charge < -0.3 is 15.1 Å². The summed E-state index contributed by atoms with van der Waals surface area (Å²) < 4.78 is 5.85. The number of oxazole rings is 1. The van der Waals surface area contributed by atoms with Gasteiger partial charge in [-0.2, -0.15) is 4.98 Å². The lowest BCUT2D eigenvalue weighted by Crippen LogP contribution is -2.22. The highest BCUT2D eigenvalue weighted by Crippen LogP contribution is 2.25. The van der Waals surface area contributed by atoms with Crippen molar-refractivity contribution in [2.75, 3.05) is 17.2 Å². The maximum absolute atomic E-state index is 5.85. The number of aromatic nitrogens is 1. The third kappa shape index (κ3) is 2.70. The smallest absolute Gasteiger partial charge is 0.298 e. The Morgan fingerprint density at radius 2 is 2.00 bits per heavy atom. The Hall–Kier alpha value is -2.49. The van der Waals surface area contributed by atoms with Crippen LogP contribution in [0.2, 0.25) is 0 Å². The molecule has 0 atom stereocenters. The Balaban J connectivity index is 1.93. The quantitative estimate of drug-likeness (QED) is 0.740. The summed E-state index contributed by atoms with van der Waals surface area (Å²) in [6.45, 7) is 5.83. The molecule has 2 aromatic carbocycles. The molecular formula is C17H19N3O. The molecule has 4 nitrogen and oxygen atoms in total. The second-order valence-electron chi connectivity index (χ2n) is 5.16. The SMILES string of the molecule is CCN(Cc1ccccc1C)c1nc2cc(N)ccc2o1. The Kier molecular flexibility index (Phi) is 3.52. The van der Waals surface area contributed by atoms with Gasteiger partial charge in [0.1, 0.15) is 5.52 Å². The summed E-state index contributed by atoms with van der Waals surface area (Å²) in [6, 6.07) is 14.5. The van der Waals surface area contributed by atoms with E-state index in [1.165, 1.54) is 11.1 Å². The molecule has 0 radical (unpaired) electrons. The van der Waals surface area contributed by atoms with E-state index in [-0.39, 0.29) is 0 Å². The van der Waals surface area contributed by atoms with Gasteiger partial charge in [-0.25, -0.2) is 0 Å². The molecule has 0 fully saturated rings. The van der Waals surface area contributed by atoms with Crippen LogP contribution in [0.25, 0.3) is 11.1 Å². The topological polar surface area (TPSA) is 55.3 Å². The van der Waals surface area contributed by atoms with E-state index in [4.69, 9.17) is 10.2 Å². The highest BCUT2D eigenvalue weighted by molar-refractivity contribution is 5.78. The van der Waals surface area contributed by atoms with Crippen molar-refractivity contribution in [2.24, 2.45) is 0 Å². The summed E-state index contributed by atoms with van der Waals surface area (Å²) in [5, 5.41) is 0. The maximum Gasteiger partial charge on any atom is 0.298 e. The largest absolute Gasteiger partial charge is 0.423 e. The number of fused-ring (bicyclic) bond motifs is 1. The van der Waals surface area contributed by atoms with Crippen LogP contribution >= 0.6 is 0 Å². The van der Waals surface area contributed by atoms with E-state index < -0.39 is 0 Å². The molecule has 3 rings (SSSR count). The lowest BCUT2D eigenvalue weighted by molar-refractivity contribution is 0.569. The molecule has 0 saturated carbocycles. The van der Waals surface area contributed by atoms with Gasteiger partial charge in [-0.15, -0.1) is 0 Å². The highest BCUT2D eigenvalue weighted by Gasteiger charge is 2.14. The molecule has 0 aliphatic rings. The minimum Gasteiger partial charge on any atom is -0.423 e. The van der Waals surface area contributed by atoms with Crippen molar-refractivity contribution >= 4 is 22.8 Å². The molecule has 0 unspecified atom stereocenters. The van der Waals surface area contributed by atoms with Crippen LogP contribution < -0.4 is 10.6 Å². The Morgan fingerprint density at radius 3 is 2.76 bits per heavy atom. The van der Waals surface area contributed by atoms with Crippen LogP contribution in [0.3, 0.4) is 0 Å². The molecule has 1 heterocycles. The first-order valence-corrected chi connectivity index (χ1v) is 7.13. The highest BCUT2D eigenvalue weighted by atomic mass is 16.4. The number of benzene rings is 2. The molecule has 0 saturated heterocycles. The van der Waals surface area contributed by atoms with Crippen LogP contribution in [0.1, 0.15) is 18.1 Å². The summed E-state index contributed by atoms with van der Waals surface area (Å²) in [5.41, 5.74) is 10.6. The maximum atomic E-state index is 5.85.